The molecule has 0 amide bonds. The van der Waals surface area contributed by atoms with Crippen molar-refractivity contribution in [2.24, 2.45) is 5.92 Å². The fraction of sp³-hybridized carbons (Fsp3) is 0.0800. The summed E-state index contributed by atoms with van der Waals surface area (Å²) in [6, 6.07) is 47.9. The van der Waals surface area contributed by atoms with Crippen molar-refractivity contribution in [3.63, 3.8) is 0 Å². The minimum absolute atomic E-state index is 0.511. The number of benzene rings is 5. The molecule has 4 aromatic heterocycles. The Balaban J connectivity index is 1.02. The first-order valence-electron chi connectivity index (χ1n) is 18.7. The van der Waals surface area contributed by atoms with Gasteiger partial charge in [-0.2, -0.15) is 0 Å². The van der Waals surface area contributed by atoms with Crippen LogP contribution in [0.15, 0.2) is 136 Å². The molecule has 0 bridgehead atoms. The third kappa shape index (κ3) is 4.15. The Morgan fingerprint density at radius 1 is 0.685 bits per heavy atom. The van der Waals surface area contributed by atoms with E-state index in [9.17, 15) is 0 Å². The Labute approximate surface area is 311 Å². The second kappa shape index (κ2) is 11.0. The van der Waals surface area contributed by atoms with Crippen molar-refractivity contribution in [3.8, 4) is 16.8 Å². The van der Waals surface area contributed by atoms with E-state index in [0.29, 0.717) is 17.4 Å². The second-order valence-corrected chi connectivity index (χ2v) is 14.6. The molecular weight excluding hydrogens is 661 g/mol. The van der Waals surface area contributed by atoms with Crippen LogP contribution in [0, 0.1) is 18.1 Å². The maximum absolute atomic E-state index is 6.58. The maximum Gasteiger partial charge on any atom is 0.185 e. The van der Waals surface area contributed by atoms with Gasteiger partial charge in [0, 0.05) is 66.8 Å². The molecule has 1 saturated carbocycles. The largest absolute Gasteiger partial charge is 0.454 e. The van der Waals surface area contributed by atoms with Gasteiger partial charge in [0.25, 0.3) is 0 Å². The molecule has 4 heteroatoms. The topological polar surface area (TPSA) is 36.1 Å². The normalized spacial score (nSPS) is 16.5. The lowest BCUT2D eigenvalue weighted by Crippen LogP contribution is -2.02. The summed E-state index contributed by atoms with van der Waals surface area (Å²) in [6.45, 7) is 2.02. The SMILES string of the molecule is C/C=C\c1oc2c#cc(-c3ccc4c(c3)c3c(n4-c4cccc5c4oc4ccccc45)C4CC4C=C3)cc2c1/C=C/n1c2ccccc2c2ccccc21. The van der Waals surface area contributed by atoms with Crippen LogP contribution in [0.2, 0.25) is 0 Å². The van der Waals surface area contributed by atoms with Crippen LogP contribution in [-0.4, -0.2) is 9.13 Å². The lowest BCUT2D eigenvalue weighted by Gasteiger charge is -2.13. The van der Waals surface area contributed by atoms with Gasteiger partial charge >= 0.3 is 0 Å². The van der Waals surface area contributed by atoms with E-state index >= 15 is 0 Å². The molecule has 0 spiro atoms. The van der Waals surface area contributed by atoms with Gasteiger partial charge in [-0.3, -0.25) is 0 Å². The van der Waals surface area contributed by atoms with E-state index < -0.39 is 0 Å². The first kappa shape index (κ1) is 29.6. The molecule has 4 heterocycles. The number of nitrogens with zero attached hydrogens (tertiary/aromatic N) is 2. The van der Waals surface area contributed by atoms with Gasteiger partial charge in [-0.25, -0.2) is 0 Å². The monoisotopic (exact) mass is 692 g/mol. The molecular formula is C50H32N2O2. The summed E-state index contributed by atoms with van der Waals surface area (Å²) in [5.74, 6) is 1.91. The van der Waals surface area contributed by atoms with E-state index in [1.54, 1.807) is 0 Å². The van der Waals surface area contributed by atoms with Gasteiger partial charge in [0.05, 0.1) is 22.2 Å². The molecule has 0 aliphatic heterocycles. The summed E-state index contributed by atoms with van der Waals surface area (Å²) >= 11 is 0. The predicted molar refractivity (Wildman–Crippen MR) is 223 cm³/mol. The number of allylic oxidation sites excluding steroid dienone is 2. The molecule has 0 radical (unpaired) electrons. The minimum atomic E-state index is 0.511. The van der Waals surface area contributed by atoms with Crippen molar-refractivity contribution in [1.29, 1.82) is 0 Å². The molecule has 0 saturated heterocycles. The van der Waals surface area contributed by atoms with E-state index in [4.69, 9.17) is 8.83 Å². The van der Waals surface area contributed by atoms with E-state index in [2.05, 4.69) is 155 Å². The highest BCUT2D eigenvalue weighted by molar-refractivity contribution is 6.11. The van der Waals surface area contributed by atoms with Gasteiger partial charge in [-0.05, 0) is 85.5 Å². The van der Waals surface area contributed by atoms with E-state index in [1.165, 1.54) is 50.4 Å². The fourth-order valence-corrected chi connectivity index (χ4v) is 9.05. The molecule has 254 valence electrons. The standard InChI is InChI=1S/C50H32N2O2/c1-2-10-46-36(25-26-51-42-15-6-3-11-33(42)34-12-4-7-16-43(34)51)41-28-31(21-24-48(41)53-46)30-20-23-44-40(27-30)37-22-19-32-29-39(32)49(37)52(44)45-17-9-14-38-35-13-5-8-18-47(35)54-50(38)45/h2-20,22-23,25-28,32,39H,29H2,1H3/b10-2-,26-25+. The van der Waals surface area contributed by atoms with E-state index in [1.807, 2.05) is 25.1 Å². The zero-order valence-electron chi connectivity index (χ0n) is 29.5. The molecule has 6 aromatic carbocycles. The van der Waals surface area contributed by atoms with Crippen molar-refractivity contribution in [3.05, 3.63) is 162 Å². The summed E-state index contributed by atoms with van der Waals surface area (Å²) in [5.41, 5.74) is 12.9. The minimum Gasteiger partial charge on any atom is -0.454 e. The molecule has 2 aliphatic carbocycles. The Morgan fingerprint density at radius 3 is 2.30 bits per heavy atom. The summed E-state index contributed by atoms with van der Waals surface area (Å²) in [4.78, 5) is 0. The molecule has 2 aliphatic rings. The molecule has 2 unspecified atom stereocenters. The number of para-hydroxylation sites is 4. The maximum atomic E-state index is 6.58. The number of rotatable bonds is 5. The van der Waals surface area contributed by atoms with Crippen LogP contribution in [0.3, 0.4) is 0 Å². The Hall–Kier alpha value is -6.96. The zero-order chi connectivity index (χ0) is 35.5. The Bertz CT molecular complexity index is 3230. The first-order valence-corrected chi connectivity index (χ1v) is 18.7. The molecule has 54 heavy (non-hydrogen) atoms. The molecule has 2 atom stereocenters. The molecule has 0 N–H and O–H groups in total. The van der Waals surface area contributed by atoms with Crippen LogP contribution < -0.4 is 0 Å². The van der Waals surface area contributed by atoms with Crippen molar-refractivity contribution in [2.75, 3.05) is 0 Å². The number of hydrogen-bond donors (Lipinski definition) is 0. The summed E-state index contributed by atoms with van der Waals surface area (Å²) in [5, 5.41) is 7.01. The summed E-state index contributed by atoms with van der Waals surface area (Å²) in [6.07, 6.45) is 14.3. The number of hydrogen-bond acceptors (Lipinski definition) is 2. The zero-order valence-corrected chi connectivity index (χ0v) is 29.5. The van der Waals surface area contributed by atoms with Gasteiger partial charge in [0.15, 0.2) is 11.2 Å². The number of fused-ring (bicyclic) bond motifs is 12. The van der Waals surface area contributed by atoms with Gasteiger partial charge in [0.1, 0.15) is 11.3 Å². The molecule has 12 rings (SSSR count). The van der Waals surface area contributed by atoms with Gasteiger partial charge in [-0.15, -0.1) is 0 Å². The van der Waals surface area contributed by atoms with Crippen molar-refractivity contribution >= 4 is 90.0 Å². The Kier molecular flexibility index (Phi) is 6.04. The smallest absolute Gasteiger partial charge is 0.185 e. The highest BCUT2D eigenvalue weighted by atomic mass is 16.3. The van der Waals surface area contributed by atoms with Crippen molar-refractivity contribution in [2.45, 2.75) is 19.3 Å². The van der Waals surface area contributed by atoms with Crippen LogP contribution in [0.4, 0.5) is 0 Å². The number of aromatic nitrogens is 2. The number of furan rings is 2. The van der Waals surface area contributed by atoms with Crippen LogP contribution in [-0.2, 0) is 0 Å². The lowest BCUT2D eigenvalue weighted by atomic mass is 9.98. The summed E-state index contributed by atoms with van der Waals surface area (Å²) in [7, 11) is 0. The highest BCUT2D eigenvalue weighted by Gasteiger charge is 2.43. The quantitative estimate of drug-likeness (QED) is 0.180. The third-order valence-corrected chi connectivity index (χ3v) is 11.6. The lowest BCUT2D eigenvalue weighted by molar-refractivity contribution is 0.603. The average Bonchev–Trinajstić information content (AvgIpc) is 3.47. The fourth-order valence-electron chi connectivity index (χ4n) is 9.05. The van der Waals surface area contributed by atoms with Crippen LogP contribution in [0.1, 0.15) is 41.8 Å². The summed E-state index contributed by atoms with van der Waals surface area (Å²) < 4.78 is 17.7. The molecule has 4 nitrogen and oxygen atoms in total. The Morgan fingerprint density at radius 2 is 1.46 bits per heavy atom. The predicted octanol–water partition coefficient (Wildman–Crippen LogP) is 13.4. The van der Waals surface area contributed by atoms with Crippen molar-refractivity contribution in [1.82, 2.24) is 9.13 Å². The third-order valence-electron chi connectivity index (χ3n) is 11.6. The van der Waals surface area contributed by atoms with Gasteiger partial charge < -0.3 is 18.0 Å². The van der Waals surface area contributed by atoms with Crippen LogP contribution in [0.5, 0.6) is 0 Å². The van der Waals surface area contributed by atoms with E-state index in [-0.39, 0.29) is 0 Å². The molecule has 1 fully saturated rings. The van der Waals surface area contributed by atoms with Gasteiger partial charge in [0.2, 0.25) is 0 Å². The van der Waals surface area contributed by atoms with Crippen molar-refractivity contribution < 1.29 is 8.83 Å². The van der Waals surface area contributed by atoms with Gasteiger partial charge in [-0.1, -0.05) is 97.1 Å². The van der Waals surface area contributed by atoms with Crippen LogP contribution >= 0.6 is 0 Å². The highest BCUT2D eigenvalue weighted by Crippen LogP contribution is 2.56. The average molecular weight is 693 g/mol. The van der Waals surface area contributed by atoms with Crippen LogP contribution in [0.25, 0.3) is 107 Å². The second-order valence-electron chi connectivity index (χ2n) is 14.6. The molecule has 10 aromatic rings. The first-order chi connectivity index (χ1) is 26.7. The van der Waals surface area contributed by atoms with E-state index in [0.717, 1.165) is 55.5 Å².